The number of rotatable bonds is 2. The van der Waals surface area contributed by atoms with E-state index in [-0.39, 0.29) is 5.97 Å². The largest absolute Gasteiger partial charge is 0.469 e. The van der Waals surface area contributed by atoms with E-state index in [1.807, 2.05) is 26.0 Å². The summed E-state index contributed by atoms with van der Waals surface area (Å²) in [5.41, 5.74) is 3.28. The lowest BCUT2D eigenvalue weighted by atomic mass is 10.1. The van der Waals surface area contributed by atoms with Crippen LogP contribution in [0.3, 0.4) is 0 Å². The lowest BCUT2D eigenvalue weighted by Gasteiger charge is -2.06. The second-order valence-corrected chi connectivity index (χ2v) is 4.09. The molecule has 0 aromatic heterocycles. The molecule has 0 spiro atoms. The molecular formula is C11H13BrO2. The van der Waals surface area contributed by atoms with Crippen molar-refractivity contribution in [3.8, 4) is 0 Å². The second-order valence-electron chi connectivity index (χ2n) is 3.30. The van der Waals surface area contributed by atoms with E-state index in [4.69, 9.17) is 0 Å². The molecule has 2 nitrogen and oxygen atoms in total. The molecule has 0 aliphatic rings. The van der Waals surface area contributed by atoms with Gasteiger partial charge in [0.25, 0.3) is 0 Å². The van der Waals surface area contributed by atoms with Gasteiger partial charge in [-0.05, 0) is 30.5 Å². The molecule has 0 bridgehead atoms. The van der Waals surface area contributed by atoms with Gasteiger partial charge in [-0.25, -0.2) is 0 Å². The topological polar surface area (TPSA) is 26.3 Å². The van der Waals surface area contributed by atoms with Crippen molar-refractivity contribution in [2.45, 2.75) is 20.3 Å². The van der Waals surface area contributed by atoms with Crippen LogP contribution in [0.2, 0.25) is 0 Å². The third-order valence-electron chi connectivity index (χ3n) is 2.07. The molecule has 76 valence electrons. The fourth-order valence-corrected chi connectivity index (χ4v) is 1.61. The first-order chi connectivity index (χ1) is 6.54. The zero-order chi connectivity index (χ0) is 10.7. The molecule has 0 saturated carbocycles. The number of esters is 1. The van der Waals surface area contributed by atoms with E-state index in [0.717, 1.165) is 21.2 Å². The van der Waals surface area contributed by atoms with Crippen molar-refractivity contribution in [1.29, 1.82) is 0 Å². The summed E-state index contributed by atoms with van der Waals surface area (Å²) in [5, 5.41) is 0. The van der Waals surface area contributed by atoms with Crippen LogP contribution in [0.4, 0.5) is 0 Å². The number of carbonyl (C=O) groups is 1. The Hall–Kier alpha value is -0.830. The lowest BCUT2D eigenvalue weighted by molar-refractivity contribution is -0.139. The molecule has 14 heavy (non-hydrogen) atoms. The summed E-state index contributed by atoms with van der Waals surface area (Å²) < 4.78 is 5.72. The predicted molar refractivity (Wildman–Crippen MR) is 59.3 cm³/mol. The Morgan fingerprint density at radius 2 is 1.86 bits per heavy atom. The fourth-order valence-electron chi connectivity index (χ4n) is 1.38. The number of halogens is 1. The summed E-state index contributed by atoms with van der Waals surface area (Å²) >= 11 is 3.48. The van der Waals surface area contributed by atoms with Crippen LogP contribution in [-0.4, -0.2) is 13.1 Å². The third kappa shape index (κ3) is 2.58. The van der Waals surface area contributed by atoms with Crippen LogP contribution < -0.4 is 0 Å². The van der Waals surface area contributed by atoms with Gasteiger partial charge in [0.05, 0.1) is 13.5 Å². The number of carbonyl (C=O) groups excluding carboxylic acids is 1. The molecule has 1 rings (SSSR count). The Morgan fingerprint density at radius 1 is 1.36 bits per heavy atom. The van der Waals surface area contributed by atoms with E-state index < -0.39 is 0 Å². The van der Waals surface area contributed by atoms with Crippen molar-refractivity contribution < 1.29 is 9.53 Å². The normalized spacial score (nSPS) is 10.0. The van der Waals surface area contributed by atoms with Gasteiger partial charge in [0.2, 0.25) is 0 Å². The van der Waals surface area contributed by atoms with Crippen LogP contribution in [0.15, 0.2) is 16.6 Å². The van der Waals surface area contributed by atoms with Crippen molar-refractivity contribution in [1.82, 2.24) is 0 Å². The molecule has 0 heterocycles. The highest BCUT2D eigenvalue weighted by Gasteiger charge is 2.06. The van der Waals surface area contributed by atoms with Gasteiger partial charge in [-0.15, -0.1) is 0 Å². The molecule has 0 aliphatic carbocycles. The monoisotopic (exact) mass is 256 g/mol. The van der Waals surface area contributed by atoms with E-state index in [9.17, 15) is 4.79 Å². The van der Waals surface area contributed by atoms with E-state index in [1.165, 1.54) is 7.11 Å². The average Bonchev–Trinajstić information content (AvgIpc) is 2.14. The van der Waals surface area contributed by atoms with Gasteiger partial charge >= 0.3 is 5.97 Å². The minimum atomic E-state index is -0.203. The molecule has 0 N–H and O–H groups in total. The van der Waals surface area contributed by atoms with Crippen LogP contribution >= 0.6 is 15.9 Å². The minimum absolute atomic E-state index is 0.203. The number of methoxy groups -OCH3 is 1. The SMILES string of the molecule is COC(=O)Cc1cc(C)c(Br)c(C)c1. The summed E-state index contributed by atoms with van der Waals surface area (Å²) in [5.74, 6) is -0.203. The first-order valence-corrected chi connectivity index (χ1v) is 5.16. The van der Waals surface area contributed by atoms with E-state index in [1.54, 1.807) is 0 Å². The quantitative estimate of drug-likeness (QED) is 0.761. The Labute approximate surface area is 92.4 Å². The van der Waals surface area contributed by atoms with Gasteiger partial charge in [0.1, 0.15) is 0 Å². The van der Waals surface area contributed by atoms with Crippen LogP contribution in [-0.2, 0) is 16.0 Å². The van der Waals surface area contributed by atoms with Crippen molar-refractivity contribution in [2.75, 3.05) is 7.11 Å². The van der Waals surface area contributed by atoms with Crippen molar-refractivity contribution >= 4 is 21.9 Å². The van der Waals surface area contributed by atoms with Crippen molar-refractivity contribution in [3.05, 3.63) is 33.3 Å². The zero-order valence-corrected chi connectivity index (χ0v) is 10.1. The molecule has 0 amide bonds. The summed E-state index contributed by atoms with van der Waals surface area (Å²) in [6.07, 6.45) is 0.339. The van der Waals surface area contributed by atoms with Gasteiger partial charge in [0, 0.05) is 4.47 Å². The Kier molecular flexibility index (Phi) is 3.69. The molecule has 0 fully saturated rings. The highest BCUT2D eigenvalue weighted by atomic mass is 79.9. The number of ether oxygens (including phenoxy) is 1. The molecule has 1 aromatic rings. The maximum atomic E-state index is 11.1. The van der Waals surface area contributed by atoms with Gasteiger partial charge in [-0.2, -0.15) is 0 Å². The third-order valence-corrected chi connectivity index (χ3v) is 3.32. The van der Waals surface area contributed by atoms with Crippen molar-refractivity contribution in [2.24, 2.45) is 0 Å². The van der Waals surface area contributed by atoms with Gasteiger partial charge in [-0.1, -0.05) is 28.1 Å². The van der Waals surface area contributed by atoms with Crippen LogP contribution in [0.1, 0.15) is 16.7 Å². The van der Waals surface area contributed by atoms with E-state index >= 15 is 0 Å². The predicted octanol–water partition coefficient (Wildman–Crippen LogP) is 2.78. The lowest BCUT2D eigenvalue weighted by Crippen LogP contribution is -2.05. The Balaban J connectivity index is 2.95. The van der Waals surface area contributed by atoms with Crippen LogP contribution in [0, 0.1) is 13.8 Å². The van der Waals surface area contributed by atoms with E-state index in [0.29, 0.717) is 6.42 Å². The van der Waals surface area contributed by atoms with Crippen molar-refractivity contribution in [3.63, 3.8) is 0 Å². The fraction of sp³-hybridized carbons (Fsp3) is 0.364. The summed E-state index contributed by atoms with van der Waals surface area (Å²) in [6, 6.07) is 3.99. The van der Waals surface area contributed by atoms with Gasteiger partial charge in [-0.3, -0.25) is 4.79 Å². The average molecular weight is 257 g/mol. The molecule has 0 unspecified atom stereocenters. The maximum absolute atomic E-state index is 11.1. The molecule has 1 aromatic carbocycles. The molecule has 0 aliphatic heterocycles. The highest BCUT2D eigenvalue weighted by molar-refractivity contribution is 9.10. The molecule has 0 saturated heterocycles. The van der Waals surface area contributed by atoms with Crippen LogP contribution in [0.5, 0.6) is 0 Å². The second kappa shape index (κ2) is 4.60. The summed E-state index contributed by atoms with van der Waals surface area (Å²) in [7, 11) is 1.40. The smallest absolute Gasteiger partial charge is 0.309 e. The zero-order valence-electron chi connectivity index (χ0n) is 8.56. The summed E-state index contributed by atoms with van der Waals surface area (Å²) in [4.78, 5) is 11.1. The molecule has 0 atom stereocenters. The summed E-state index contributed by atoms with van der Waals surface area (Å²) in [6.45, 7) is 4.02. The standard InChI is InChI=1S/C11H13BrO2/c1-7-4-9(6-10(13)14-3)5-8(2)11(7)12/h4-5H,6H2,1-3H3. The molecule has 0 radical (unpaired) electrons. The Bertz CT molecular complexity index is 335. The van der Waals surface area contributed by atoms with E-state index in [2.05, 4.69) is 20.7 Å². The number of aryl methyl sites for hydroxylation is 2. The van der Waals surface area contributed by atoms with Gasteiger partial charge < -0.3 is 4.74 Å². The number of benzene rings is 1. The first-order valence-electron chi connectivity index (χ1n) is 4.37. The first kappa shape index (κ1) is 11.2. The number of hydrogen-bond acceptors (Lipinski definition) is 2. The van der Waals surface area contributed by atoms with Crippen LogP contribution in [0.25, 0.3) is 0 Å². The minimum Gasteiger partial charge on any atom is -0.469 e. The maximum Gasteiger partial charge on any atom is 0.309 e. The molecular weight excluding hydrogens is 244 g/mol. The Morgan fingerprint density at radius 3 is 2.29 bits per heavy atom. The molecule has 3 heteroatoms. The highest BCUT2D eigenvalue weighted by Crippen LogP contribution is 2.22. The van der Waals surface area contributed by atoms with Gasteiger partial charge in [0.15, 0.2) is 0 Å². The number of hydrogen-bond donors (Lipinski definition) is 0.